The SMILES string of the molecule is OCC1CNCC1c1ccccn1. The van der Waals surface area contributed by atoms with Crippen molar-refractivity contribution in [3.05, 3.63) is 30.1 Å². The van der Waals surface area contributed by atoms with E-state index in [0.717, 1.165) is 18.8 Å². The highest BCUT2D eigenvalue weighted by Crippen LogP contribution is 2.25. The smallest absolute Gasteiger partial charge is 0.0478 e. The summed E-state index contributed by atoms with van der Waals surface area (Å²) in [6.07, 6.45) is 1.81. The van der Waals surface area contributed by atoms with Gasteiger partial charge in [0.05, 0.1) is 0 Å². The van der Waals surface area contributed by atoms with Crippen molar-refractivity contribution in [2.75, 3.05) is 19.7 Å². The van der Waals surface area contributed by atoms with Crippen LogP contribution in [0, 0.1) is 5.92 Å². The van der Waals surface area contributed by atoms with Gasteiger partial charge < -0.3 is 10.4 Å². The fourth-order valence-electron chi connectivity index (χ4n) is 1.87. The number of nitrogens with zero attached hydrogens (tertiary/aromatic N) is 1. The minimum Gasteiger partial charge on any atom is -0.396 e. The molecule has 1 fully saturated rings. The molecule has 1 aliphatic rings. The molecule has 2 rings (SSSR count). The van der Waals surface area contributed by atoms with E-state index in [1.54, 1.807) is 0 Å². The van der Waals surface area contributed by atoms with E-state index in [9.17, 15) is 0 Å². The predicted octanol–water partition coefficient (Wildman–Crippen LogP) is 0.377. The van der Waals surface area contributed by atoms with E-state index in [1.165, 1.54) is 0 Å². The normalized spacial score (nSPS) is 27.8. The molecule has 1 saturated heterocycles. The third-order valence-electron chi connectivity index (χ3n) is 2.64. The summed E-state index contributed by atoms with van der Waals surface area (Å²) in [6.45, 7) is 2.08. The van der Waals surface area contributed by atoms with Crippen LogP contribution in [0.5, 0.6) is 0 Å². The van der Waals surface area contributed by atoms with Gasteiger partial charge in [0.2, 0.25) is 0 Å². The lowest BCUT2D eigenvalue weighted by Crippen LogP contribution is -2.15. The fourth-order valence-corrected chi connectivity index (χ4v) is 1.87. The van der Waals surface area contributed by atoms with Crippen LogP contribution in [-0.2, 0) is 0 Å². The van der Waals surface area contributed by atoms with Crippen molar-refractivity contribution >= 4 is 0 Å². The second-order valence-corrected chi connectivity index (χ2v) is 3.46. The minimum absolute atomic E-state index is 0.244. The van der Waals surface area contributed by atoms with E-state index in [0.29, 0.717) is 11.8 Å². The largest absolute Gasteiger partial charge is 0.396 e. The van der Waals surface area contributed by atoms with E-state index in [2.05, 4.69) is 10.3 Å². The number of aliphatic hydroxyl groups excluding tert-OH is 1. The molecule has 0 aliphatic carbocycles. The van der Waals surface area contributed by atoms with Crippen molar-refractivity contribution in [2.24, 2.45) is 5.92 Å². The van der Waals surface area contributed by atoms with Gasteiger partial charge in [-0.3, -0.25) is 4.98 Å². The first-order valence-corrected chi connectivity index (χ1v) is 4.64. The molecule has 0 bridgehead atoms. The van der Waals surface area contributed by atoms with Crippen molar-refractivity contribution in [2.45, 2.75) is 5.92 Å². The van der Waals surface area contributed by atoms with Crippen molar-refractivity contribution in [3.8, 4) is 0 Å². The Morgan fingerprint density at radius 1 is 1.46 bits per heavy atom. The fraction of sp³-hybridized carbons (Fsp3) is 0.500. The summed E-state index contributed by atoms with van der Waals surface area (Å²) in [5.41, 5.74) is 1.09. The summed E-state index contributed by atoms with van der Waals surface area (Å²) < 4.78 is 0. The highest BCUT2D eigenvalue weighted by atomic mass is 16.3. The van der Waals surface area contributed by atoms with Gasteiger partial charge in [-0.25, -0.2) is 0 Å². The summed E-state index contributed by atoms with van der Waals surface area (Å²) in [7, 11) is 0. The molecular formula is C10H14N2O. The number of nitrogens with one attached hydrogen (secondary N) is 1. The van der Waals surface area contributed by atoms with Crippen LogP contribution < -0.4 is 5.32 Å². The van der Waals surface area contributed by atoms with Crippen LogP contribution in [0.1, 0.15) is 11.6 Å². The molecule has 3 nitrogen and oxygen atoms in total. The Kier molecular flexibility index (Phi) is 2.57. The van der Waals surface area contributed by atoms with Gasteiger partial charge in [0.15, 0.2) is 0 Å². The molecule has 2 heterocycles. The molecule has 0 saturated carbocycles. The topological polar surface area (TPSA) is 45.1 Å². The van der Waals surface area contributed by atoms with Gasteiger partial charge in [-0.05, 0) is 12.1 Å². The van der Waals surface area contributed by atoms with Crippen molar-refractivity contribution in [3.63, 3.8) is 0 Å². The summed E-state index contributed by atoms with van der Waals surface area (Å²) in [5.74, 6) is 0.709. The zero-order valence-corrected chi connectivity index (χ0v) is 7.48. The summed E-state index contributed by atoms with van der Waals surface area (Å²) >= 11 is 0. The van der Waals surface area contributed by atoms with E-state index in [1.807, 2.05) is 24.4 Å². The van der Waals surface area contributed by atoms with E-state index >= 15 is 0 Å². The quantitative estimate of drug-likeness (QED) is 0.688. The van der Waals surface area contributed by atoms with Crippen LogP contribution in [0.4, 0.5) is 0 Å². The maximum Gasteiger partial charge on any atom is 0.0478 e. The van der Waals surface area contributed by atoms with Crippen LogP contribution in [0.2, 0.25) is 0 Å². The predicted molar refractivity (Wildman–Crippen MR) is 50.4 cm³/mol. The van der Waals surface area contributed by atoms with Crippen molar-refractivity contribution in [1.29, 1.82) is 0 Å². The molecule has 3 heteroatoms. The standard InChI is InChI=1S/C10H14N2O/c13-7-8-5-11-6-9(8)10-3-1-2-4-12-10/h1-4,8-9,11,13H,5-7H2. The number of hydrogen-bond acceptors (Lipinski definition) is 3. The Hall–Kier alpha value is -0.930. The first-order chi connectivity index (χ1) is 6.42. The van der Waals surface area contributed by atoms with Crippen LogP contribution in [-0.4, -0.2) is 29.8 Å². The first-order valence-electron chi connectivity index (χ1n) is 4.64. The first kappa shape index (κ1) is 8.66. The molecule has 0 amide bonds. The summed E-state index contributed by atoms with van der Waals surface area (Å²) in [5, 5.41) is 12.4. The third-order valence-corrected chi connectivity index (χ3v) is 2.64. The van der Waals surface area contributed by atoms with Crippen molar-refractivity contribution in [1.82, 2.24) is 10.3 Å². The van der Waals surface area contributed by atoms with Gasteiger partial charge in [0, 0.05) is 43.4 Å². The van der Waals surface area contributed by atoms with E-state index in [-0.39, 0.29) is 6.61 Å². The maximum atomic E-state index is 9.13. The molecule has 1 aromatic heterocycles. The number of aromatic nitrogens is 1. The Morgan fingerprint density at radius 3 is 3.08 bits per heavy atom. The minimum atomic E-state index is 0.244. The van der Waals surface area contributed by atoms with Gasteiger partial charge in [0.25, 0.3) is 0 Å². The number of aliphatic hydroxyl groups is 1. The molecule has 0 aromatic carbocycles. The second kappa shape index (κ2) is 3.85. The van der Waals surface area contributed by atoms with Crippen LogP contribution in [0.15, 0.2) is 24.4 Å². The summed E-state index contributed by atoms with van der Waals surface area (Å²) in [6, 6.07) is 5.94. The van der Waals surface area contributed by atoms with Gasteiger partial charge in [-0.15, -0.1) is 0 Å². The van der Waals surface area contributed by atoms with E-state index in [4.69, 9.17) is 5.11 Å². The zero-order valence-electron chi connectivity index (χ0n) is 7.48. The molecule has 1 aliphatic heterocycles. The number of pyridine rings is 1. The molecule has 13 heavy (non-hydrogen) atoms. The lowest BCUT2D eigenvalue weighted by Gasteiger charge is -2.14. The molecule has 2 atom stereocenters. The third kappa shape index (κ3) is 1.71. The Bertz CT molecular complexity index is 263. The Balaban J connectivity index is 2.16. The second-order valence-electron chi connectivity index (χ2n) is 3.46. The van der Waals surface area contributed by atoms with Gasteiger partial charge in [0.1, 0.15) is 0 Å². The molecule has 0 spiro atoms. The number of rotatable bonds is 2. The average Bonchev–Trinajstić information content (AvgIpc) is 2.67. The zero-order chi connectivity index (χ0) is 9.10. The Labute approximate surface area is 77.8 Å². The van der Waals surface area contributed by atoms with Gasteiger partial charge >= 0.3 is 0 Å². The molecule has 2 unspecified atom stereocenters. The lowest BCUT2D eigenvalue weighted by molar-refractivity contribution is 0.225. The monoisotopic (exact) mass is 178 g/mol. The molecule has 2 N–H and O–H groups in total. The lowest BCUT2D eigenvalue weighted by atomic mass is 9.93. The summed E-state index contributed by atoms with van der Waals surface area (Å²) in [4.78, 5) is 4.31. The van der Waals surface area contributed by atoms with Crippen LogP contribution >= 0.6 is 0 Å². The van der Waals surface area contributed by atoms with Crippen LogP contribution in [0.3, 0.4) is 0 Å². The van der Waals surface area contributed by atoms with Crippen molar-refractivity contribution < 1.29 is 5.11 Å². The molecular weight excluding hydrogens is 164 g/mol. The highest BCUT2D eigenvalue weighted by Gasteiger charge is 2.28. The van der Waals surface area contributed by atoms with E-state index < -0.39 is 0 Å². The molecule has 70 valence electrons. The Morgan fingerprint density at radius 2 is 2.38 bits per heavy atom. The van der Waals surface area contributed by atoms with Crippen LogP contribution in [0.25, 0.3) is 0 Å². The average molecular weight is 178 g/mol. The highest BCUT2D eigenvalue weighted by molar-refractivity contribution is 5.13. The van der Waals surface area contributed by atoms with Gasteiger partial charge in [-0.1, -0.05) is 6.07 Å². The number of hydrogen-bond donors (Lipinski definition) is 2. The molecule has 1 aromatic rings. The molecule has 0 radical (unpaired) electrons. The van der Waals surface area contributed by atoms with Gasteiger partial charge in [-0.2, -0.15) is 0 Å². The maximum absolute atomic E-state index is 9.13.